The molecular formula is C19H22N2O4. The van der Waals surface area contributed by atoms with E-state index in [-0.39, 0.29) is 0 Å². The first-order valence-corrected chi connectivity index (χ1v) is 7.97. The largest absolute Gasteiger partial charge is 0.497 e. The Morgan fingerprint density at radius 1 is 0.840 bits per heavy atom. The van der Waals surface area contributed by atoms with Crippen molar-refractivity contribution in [1.29, 1.82) is 0 Å². The van der Waals surface area contributed by atoms with E-state index in [0.717, 1.165) is 0 Å². The van der Waals surface area contributed by atoms with Gasteiger partial charge in [0.25, 0.3) is 11.8 Å². The number of hydrogen-bond donors (Lipinski definition) is 2. The molecule has 0 saturated heterocycles. The van der Waals surface area contributed by atoms with Gasteiger partial charge in [-0.1, -0.05) is 13.8 Å². The molecule has 0 aliphatic heterocycles. The first kappa shape index (κ1) is 18.3. The summed E-state index contributed by atoms with van der Waals surface area (Å²) in [5, 5.41) is 0. The zero-order valence-electron chi connectivity index (χ0n) is 14.5. The molecule has 6 nitrogen and oxygen atoms in total. The van der Waals surface area contributed by atoms with Gasteiger partial charge in [-0.3, -0.25) is 20.4 Å². The second-order valence-electron chi connectivity index (χ2n) is 5.87. The monoisotopic (exact) mass is 342 g/mol. The number of methoxy groups -OCH3 is 1. The van der Waals surface area contributed by atoms with Gasteiger partial charge in [-0.15, -0.1) is 0 Å². The number of hydrazine groups is 1. The summed E-state index contributed by atoms with van der Waals surface area (Å²) in [6.45, 7) is 4.74. The SMILES string of the molecule is COc1ccc(C(=O)NNC(=O)c2ccc(OCC(C)C)cc2)cc1. The quantitative estimate of drug-likeness (QED) is 0.792. The van der Waals surface area contributed by atoms with Crippen molar-refractivity contribution in [2.24, 2.45) is 5.92 Å². The summed E-state index contributed by atoms with van der Waals surface area (Å²) in [4.78, 5) is 24.1. The molecule has 0 heterocycles. The number of nitrogens with one attached hydrogen (secondary N) is 2. The van der Waals surface area contributed by atoms with Crippen LogP contribution in [0.4, 0.5) is 0 Å². The number of rotatable bonds is 6. The van der Waals surface area contributed by atoms with Crippen LogP contribution in [-0.2, 0) is 0 Å². The Bertz CT molecular complexity index is 709. The van der Waals surface area contributed by atoms with Crippen LogP contribution in [-0.4, -0.2) is 25.5 Å². The van der Waals surface area contributed by atoms with E-state index in [1.54, 1.807) is 55.6 Å². The fourth-order valence-corrected chi connectivity index (χ4v) is 1.97. The Balaban J connectivity index is 1.87. The van der Waals surface area contributed by atoms with E-state index in [9.17, 15) is 9.59 Å². The van der Waals surface area contributed by atoms with Crippen molar-refractivity contribution in [2.45, 2.75) is 13.8 Å². The van der Waals surface area contributed by atoms with E-state index in [1.807, 2.05) is 0 Å². The second kappa shape index (κ2) is 8.73. The van der Waals surface area contributed by atoms with E-state index < -0.39 is 11.8 Å². The average Bonchev–Trinajstić information content (AvgIpc) is 2.64. The summed E-state index contributed by atoms with van der Waals surface area (Å²) in [6, 6.07) is 13.3. The molecule has 2 rings (SSSR count). The highest BCUT2D eigenvalue weighted by atomic mass is 16.5. The van der Waals surface area contributed by atoms with E-state index in [0.29, 0.717) is 35.2 Å². The minimum atomic E-state index is -0.409. The van der Waals surface area contributed by atoms with Gasteiger partial charge in [-0.05, 0) is 54.4 Å². The Morgan fingerprint density at radius 3 is 1.68 bits per heavy atom. The summed E-state index contributed by atoms with van der Waals surface area (Å²) in [7, 11) is 1.55. The van der Waals surface area contributed by atoms with Gasteiger partial charge in [-0.2, -0.15) is 0 Å². The van der Waals surface area contributed by atoms with Crippen LogP contribution < -0.4 is 20.3 Å². The maximum atomic E-state index is 12.1. The van der Waals surface area contributed by atoms with Crippen molar-refractivity contribution in [3.05, 3.63) is 59.7 Å². The third kappa shape index (κ3) is 5.53. The molecule has 25 heavy (non-hydrogen) atoms. The maximum Gasteiger partial charge on any atom is 0.269 e. The summed E-state index contributed by atoms with van der Waals surface area (Å²) >= 11 is 0. The molecule has 0 aliphatic carbocycles. The summed E-state index contributed by atoms with van der Waals surface area (Å²) < 4.78 is 10.6. The van der Waals surface area contributed by atoms with Crippen molar-refractivity contribution in [2.75, 3.05) is 13.7 Å². The number of carbonyl (C=O) groups is 2. The number of hydrogen-bond acceptors (Lipinski definition) is 4. The van der Waals surface area contributed by atoms with Crippen molar-refractivity contribution in [3.63, 3.8) is 0 Å². The molecule has 0 bridgehead atoms. The Morgan fingerprint density at radius 2 is 1.28 bits per heavy atom. The first-order chi connectivity index (χ1) is 12.0. The van der Waals surface area contributed by atoms with Crippen LogP contribution in [0.1, 0.15) is 34.6 Å². The third-order valence-corrected chi connectivity index (χ3v) is 3.34. The first-order valence-electron chi connectivity index (χ1n) is 7.97. The van der Waals surface area contributed by atoms with Gasteiger partial charge in [0, 0.05) is 11.1 Å². The predicted molar refractivity (Wildman–Crippen MR) is 94.7 cm³/mol. The van der Waals surface area contributed by atoms with Crippen LogP contribution in [0.3, 0.4) is 0 Å². The lowest BCUT2D eigenvalue weighted by molar-refractivity contribution is 0.0846. The van der Waals surface area contributed by atoms with E-state index >= 15 is 0 Å². The Kier molecular flexibility index (Phi) is 6.39. The molecule has 0 radical (unpaired) electrons. The minimum absolute atomic E-state index is 0.405. The lowest BCUT2D eigenvalue weighted by Gasteiger charge is -2.10. The standard InChI is InChI=1S/C19H22N2O4/c1-13(2)12-25-17-10-6-15(7-11-17)19(23)21-20-18(22)14-4-8-16(24-3)9-5-14/h4-11,13H,12H2,1-3H3,(H,20,22)(H,21,23). The van der Waals surface area contributed by atoms with E-state index in [2.05, 4.69) is 24.7 Å². The predicted octanol–water partition coefficient (Wildman–Crippen LogP) is 2.80. The highest BCUT2D eigenvalue weighted by Crippen LogP contribution is 2.13. The zero-order valence-corrected chi connectivity index (χ0v) is 14.5. The molecule has 132 valence electrons. The van der Waals surface area contributed by atoms with Gasteiger partial charge >= 0.3 is 0 Å². The molecular weight excluding hydrogens is 320 g/mol. The molecule has 0 aromatic heterocycles. The van der Waals surface area contributed by atoms with Crippen molar-refractivity contribution in [1.82, 2.24) is 10.9 Å². The van der Waals surface area contributed by atoms with E-state index in [1.165, 1.54) is 0 Å². The molecule has 0 unspecified atom stereocenters. The molecule has 0 fully saturated rings. The Labute approximate surface area is 147 Å². The number of benzene rings is 2. The van der Waals surface area contributed by atoms with Crippen LogP contribution in [0.25, 0.3) is 0 Å². The van der Waals surface area contributed by atoms with Gasteiger partial charge in [0.15, 0.2) is 0 Å². The van der Waals surface area contributed by atoms with Gasteiger partial charge in [0.05, 0.1) is 13.7 Å². The smallest absolute Gasteiger partial charge is 0.269 e. The normalized spacial score (nSPS) is 10.2. The highest BCUT2D eigenvalue weighted by Gasteiger charge is 2.09. The van der Waals surface area contributed by atoms with Gasteiger partial charge in [0.2, 0.25) is 0 Å². The van der Waals surface area contributed by atoms with Crippen LogP contribution in [0.15, 0.2) is 48.5 Å². The zero-order chi connectivity index (χ0) is 18.2. The lowest BCUT2D eigenvalue weighted by Crippen LogP contribution is -2.41. The molecule has 6 heteroatoms. The summed E-state index contributed by atoms with van der Waals surface area (Å²) in [5.74, 6) is 0.967. The molecule has 2 amide bonds. The van der Waals surface area contributed by atoms with Crippen molar-refractivity contribution >= 4 is 11.8 Å². The second-order valence-corrected chi connectivity index (χ2v) is 5.87. The minimum Gasteiger partial charge on any atom is -0.497 e. The third-order valence-electron chi connectivity index (χ3n) is 3.34. The van der Waals surface area contributed by atoms with Crippen molar-refractivity contribution < 1.29 is 19.1 Å². The molecule has 2 N–H and O–H groups in total. The van der Waals surface area contributed by atoms with E-state index in [4.69, 9.17) is 9.47 Å². The van der Waals surface area contributed by atoms with Gasteiger partial charge in [0.1, 0.15) is 11.5 Å². The number of carbonyl (C=O) groups excluding carboxylic acids is 2. The van der Waals surface area contributed by atoms with Crippen LogP contribution >= 0.6 is 0 Å². The average molecular weight is 342 g/mol. The van der Waals surface area contributed by atoms with Crippen LogP contribution in [0, 0.1) is 5.92 Å². The molecule has 0 aliphatic rings. The fraction of sp³-hybridized carbons (Fsp3) is 0.263. The molecule has 2 aromatic carbocycles. The summed E-state index contributed by atoms with van der Waals surface area (Å²) in [6.07, 6.45) is 0. The highest BCUT2D eigenvalue weighted by molar-refractivity contribution is 5.99. The molecule has 0 spiro atoms. The van der Waals surface area contributed by atoms with Crippen LogP contribution in [0.2, 0.25) is 0 Å². The molecule has 2 aromatic rings. The van der Waals surface area contributed by atoms with Gasteiger partial charge in [-0.25, -0.2) is 0 Å². The van der Waals surface area contributed by atoms with Gasteiger partial charge < -0.3 is 9.47 Å². The molecule has 0 saturated carbocycles. The Hall–Kier alpha value is -3.02. The number of amides is 2. The van der Waals surface area contributed by atoms with Crippen molar-refractivity contribution in [3.8, 4) is 11.5 Å². The van der Waals surface area contributed by atoms with Crippen LogP contribution in [0.5, 0.6) is 11.5 Å². The maximum absolute atomic E-state index is 12.1. The fourth-order valence-electron chi connectivity index (χ4n) is 1.97. The molecule has 0 atom stereocenters. The topological polar surface area (TPSA) is 76.7 Å². The number of ether oxygens (including phenoxy) is 2. The lowest BCUT2D eigenvalue weighted by atomic mass is 10.2. The summed E-state index contributed by atoms with van der Waals surface area (Å²) in [5.41, 5.74) is 5.60.